The second-order valence-corrected chi connectivity index (χ2v) is 5.77. The van der Waals surface area contributed by atoms with Gasteiger partial charge in [0.2, 0.25) is 0 Å². The lowest BCUT2D eigenvalue weighted by atomic mass is 9.74. The lowest BCUT2D eigenvalue weighted by Gasteiger charge is -2.29. The molecule has 0 aliphatic carbocycles. The van der Waals surface area contributed by atoms with Crippen LogP contribution >= 0.6 is 0 Å². The van der Waals surface area contributed by atoms with Gasteiger partial charge in [0.05, 0.1) is 0 Å². The largest absolute Gasteiger partial charge is 0.326 e. The summed E-state index contributed by atoms with van der Waals surface area (Å²) < 4.78 is 0. The lowest BCUT2D eigenvalue weighted by Crippen LogP contribution is -2.31. The smallest absolute Gasteiger partial charge is 0.0178 e. The fourth-order valence-corrected chi connectivity index (χ4v) is 3.26. The number of nitrogens with two attached hydrogens (primary N) is 1. The molecule has 0 aromatic heterocycles. The van der Waals surface area contributed by atoms with Gasteiger partial charge in [-0.15, -0.1) is 0 Å². The van der Waals surface area contributed by atoms with E-state index in [4.69, 9.17) is 5.73 Å². The molecule has 1 saturated heterocycles. The summed E-state index contributed by atoms with van der Waals surface area (Å²) in [6.07, 6.45) is 2.28. The van der Waals surface area contributed by atoms with Crippen molar-refractivity contribution in [2.24, 2.45) is 5.73 Å². The molecule has 1 fully saturated rings. The average molecular weight is 266 g/mol. The topological polar surface area (TPSA) is 38.0 Å². The summed E-state index contributed by atoms with van der Waals surface area (Å²) in [4.78, 5) is 0. The van der Waals surface area contributed by atoms with Crippen molar-refractivity contribution in [3.8, 4) is 0 Å². The quantitative estimate of drug-likeness (QED) is 0.893. The van der Waals surface area contributed by atoms with Crippen molar-refractivity contribution >= 4 is 0 Å². The van der Waals surface area contributed by atoms with E-state index in [2.05, 4.69) is 59.9 Å². The Morgan fingerprint density at radius 1 is 1.00 bits per heavy atom. The Hall–Kier alpha value is -1.64. The van der Waals surface area contributed by atoms with Crippen molar-refractivity contribution in [3.05, 3.63) is 71.3 Å². The molecule has 1 heterocycles. The fraction of sp³-hybridized carbons (Fsp3) is 0.333. The molecule has 2 aromatic carbocycles. The average Bonchev–Trinajstić information content (AvgIpc) is 2.98. The summed E-state index contributed by atoms with van der Waals surface area (Å²) in [5.41, 5.74) is 10.1. The molecule has 0 amide bonds. The SMILES string of the molecule is NCc1cccc(C2(Cc3ccccc3)CCNC2)c1. The molecule has 2 nitrogen and oxygen atoms in total. The first-order valence-electron chi connectivity index (χ1n) is 7.37. The summed E-state index contributed by atoms with van der Waals surface area (Å²) in [5.74, 6) is 0. The fourth-order valence-electron chi connectivity index (χ4n) is 3.26. The second kappa shape index (κ2) is 5.78. The standard InChI is InChI=1S/C18H22N2/c19-13-16-7-4-8-17(11-16)18(9-10-20-14-18)12-15-5-2-1-3-6-15/h1-8,11,20H,9-10,12-14,19H2. The molecule has 2 aromatic rings. The Morgan fingerprint density at radius 2 is 1.80 bits per heavy atom. The maximum absolute atomic E-state index is 5.80. The molecule has 1 aliphatic rings. The minimum Gasteiger partial charge on any atom is -0.326 e. The Bertz CT molecular complexity index is 557. The van der Waals surface area contributed by atoms with Gasteiger partial charge in [-0.05, 0) is 36.1 Å². The Labute approximate surface area is 121 Å². The molecule has 3 rings (SSSR count). The van der Waals surface area contributed by atoms with Gasteiger partial charge in [0, 0.05) is 18.5 Å². The van der Waals surface area contributed by atoms with Crippen molar-refractivity contribution in [2.75, 3.05) is 13.1 Å². The number of hydrogen-bond acceptors (Lipinski definition) is 2. The van der Waals surface area contributed by atoms with E-state index in [-0.39, 0.29) is 5.41 Å². The van der Waals surface area contributed by atoms with E-state index in [0.29, 0.717) is 6.54 Å². The van der Waals surface area contributed by atoms with Crippen LogP contribution in [-0.4, -0.2) is 13.1 Å². The molecule has 0 spiro atoms. The van der Waals surface area contributed by atoms with Gasteiger partial charge in [-0.3, -0.25) is 0 Å². The lowest BCUT2D eigenvalue weighted by molar-refractivity contribution is 0.467. The number of hydrogen-bond donors (Lipinski definition) is 2. The zero-order valence-electron chi connectivity index (χ0n) is 11.8. The van der Waals surface area contributed by atoms with E-state index in [1.807, 2.05) is 0 Å². The van der Waals surface area contributed by atoms with Crippen LogP contribution in [0.15, 0.2) is 54.6 Å². The molecule has 0 bridgehead atoms. The van der Waals surface area contributed by atoms with Crippen LogP contribution in [0.4, 0.5) is 0 Å². The van der Waals surface area contributed by atoms with Crippen LogP contribution in [0.5, 0.6) is 0 Å². The molecule has 2 heteroatoms. The first-order chi connectivity index (χ1) is 9.82. The highest BCUT2D eigenvalue weighted by Crippen LogP contribution is 2.34. The van der Waals surface area contributed by atoms with Crippen molar-refractivity contribution in [2.45, 2.75) is 24.8 Å². The highest BCUT2D eigenvalue weighted by Gasteiger charge is 2.35. The maximum atomic E-state index is 5.80. The summed E-state index contributed by atoms with van der Waals surface area (Å²) in [6.45, 7) is 2.76. The monoisotopic (exact) mass is 266 g/mol. The van der Waals surface area contributed by atoms with Crippen molar-refractivity contribution < 1.29 is 0 Å². The highest BCUT2D eigenvalue weighted by atomic mass is 14.9. The van der Waals surface area contributed by atoms with Gasteiger partial charge in [-0.1, -0.05) is 54.6 Å². The molecule has 1 atom stereocenters. The third-order valence-electron chi connectivity index (χ3n) is 4.40. The summed E-state index contributed by atoms with van der Waals surface area (Å²) in [6, 6.07) is 19.6. The van der Waals surface area contributed by atoms with Crippen LogP contribution in [0, 0.1) is 0 Å². The minimum atomic E-state index is 0.215. The second-order valence-electron chi connectivity index (χ2n) is 5.77. The van der Waals surface area contributed by atoms with Gasteiger partial charge in [-0.2, -0.15) is 0 Å². The van der Waals surface area contributed by atoms with Crippen molar-refractivity contribution in [1.29, 1.82) is 0 Å². The summed E-state index contributed by atoms with van der Waals surface area (Å²) in [5, 5.41) is 3.54. The van der Waals surface area contributed by atoms with E-state index in [1.165, 1.54) is 23.1 Å². The number of nitrogens with one attached hydrogen (secondary N) is 1. The van der Waals surface area contributed by atoms with Gasteiger partial charge in [-0.25, -0.2) is 0 Å². The molecule has 0 saturated carbocycles. The zero-order valence-corrected chi connectivity index (χ0v) is 11.8. The van der Waals surface area contributed by atoms with Crippen LogP contribution < -0.4 is 11.1 Å². The van der Waals surface area contributed by atoms with Gasteiger partial charge >= 0.3 is 0 Å². The Kier molecular flexibility index (Phi) is 3.86. The molecular formula is C18H22N2. The highest BCUT2D eigenvalue weighted by molar-refractivity contribution is 5.34. The normalized spacial score (nSPS) is 22.1. The van der Waals surface area contributed by atoms with Gasteiger partial charge in [0.1, 0.15) is 0 Å². The molecule has 104 valence electrons. The van der Waals surface area contributed by atoms with Gasteiger partial charge in [0.25, 0.3) is 0 Å². The van der Waals surface area contributed by atoms with Gasteiger partial charge in [0.15, 0.2) is 0 Å². The van der Waals surface area contributed by atoms with Crippen LogP contribution in [0.25, 0.3) is 0 Å². The zero-order chi connectivity index (χ0) is 13.8. The molecule has 1 unspecified atom stereocenters. The molecule has 0 radical (unpaired) electrons. The molecule has 1 aliphatic heterocycles. The van der Waals surface area contributed by atoms with Gasteiger partial charge < -0.3 is 11.1 Å². The van der Waals surface area contributed by atoms with E-state index in [9.17, 15) is 0 Å². The van der Waals surface area contributed by atoms with E-state index in [0.717, 1.165) is 19.5 Å². The van der Waals surface area contributed by atoms with Crippen molar-refractivity contribution in [1.82, 2.24) is 5.32 Å². The van der Waals surface area contributed by atoms with E-state index >= 15 is 0 Å². The minimum absolute atomic E-state index is 0.215. The molecule has 3 N–H and O–H groups in total. The van der Waals surface area contributed by atoms with E-state index < -0.39 is 0 Å². The summed E-state index contributed by atoms with van der Waals surface area (Å²) >= 11 is 0. The van der Waals surface area contributed by atoms with Crippen LogP contribution in [0.3, 0.4) is 0 Å². The summed E-state index contributed by atoms with van der Waals surface area (Å²) in [7, 11) is 0. The first kappa shape index (κ1) is 13.3. The van der Waals surface area contributed by atoms with E-state index in [1.54, 1.807) is 0 Å². The predicted molar refractivity (Wildman–Crippen MR) is 83.6 cm³/mol. The van der Waals surface area contributed by atoms with Crippen molar-refractivity contribution in [3.63, 3.8) is 0 Å². The van der Waals surface area contributed by atoms with Crippen LogP contribution in [0.1, 0.15) is 23.1 Å². The molecular weight excluding hydrogens is 244 g/mol. The Morgan fingerprint density at radius 3 is 2.50 bits per heavy atom. The maximum Gasteiger partial charge on any atom is 0.0178 e. The van der Waals surface area contributed by atoms with Crippen LogP contribution in [0.2, 0.25) is 0 Å². The number of benzene rings is 2. The Balaban J connectivity index is 1.95. The third-order valence-corrected chi connectivity index (χ3v) is 4.40. The predicted octanol–water partition coefficient (Wildman–Crippen LogP) is 2.62. The van der Waals surface area contributed by atoms with Crippen LogP contribution in [-0.2, 0) is 18.4 Å². The third kappa shape index (κ3) is 2.62. The molecule has 20 heavy (non-hydrogen) atoms. The number of rotatable bonds is 4. The first-order valence-corrected chi connectivity index (χ1v) is 7.37.